The summed E-state index contributed by atoms with van der Waals surface area (Å²) in [7, 11) is -2.73. The normalized spacial score (nSPS) is 11.3. The summed E-state index contributed by atoms with van der Waals surface area (Å²) in [5, 5.41) is 1.36. The van der Waals surface area contributed by atoms with Gasteiger partial charge in [0.25, 0.3) is 0 Å². The largest absolute Gasteiger partial charge is 0.222 e. The Balaban J connectivity index is 0.000000463. The Morgan fingerprint density at radius 2 is 1.57 bits per heavy atom. The molecule has 0 saturated carbocycles. The SMILES string of the molecule is CCCCc1c(CCC)cc2ccccc2[n+]1C.[O-][Cl+3]([O-])([O-])[O-]. The molecule has 1 aromatic heterocycles. The molecule has 0 N–H and O–H groups in total. The van der Waals surface area contributed by atoms with Crippen molar-refractivity contribution >= 4 is 10.9 Å². The average Bonchev–Trinajstić information content (AvgIpc) is 2.46. The van der Waals surface area contributed by atoms with Gasteiger partial charge in [-0.25, -0.2) is 18.6 Å². The summed E-state index contributed by atoms with van der Waals surface area (Å²) in [6.45, 7) is 4.53. The summed E-state index contributed by atoms with van der Waals surface area (Å²) in [6, 6.07) is 11.1. The van der Waals surface area contributed by atoms with E-state index in [1.807, 2.05) is 0 Å². The maximum Gasteiger partial charge on any atom is 0.212 e. The van der Waals surface area contributed by atoms with Gasteiger partial charge in [0, 0.05) is 23.4 Å². The van der Waals surface area contributed by atoms with Crippen LogP contribution in [0.5, 0.6) is 0 Å². The number of halogens is 1. The van der Waals surface area contributed by atoms with Gasteiger partial charge in [-0.2, -0.15) is 4.57 Å². The van der Waals surface area contributed by atoms with Gasteiger partial charge in [0.1, 0.15) is 7.05 Å². The lowest BCUT2D eigenvalue weighted by Crippen LogP contribution is -2.68. The standard InChI is InChI=1S/C17H24N.ClHO4/c1-4-6-11-16-14(9-5-2)13-15-10-7-8-12-17(15)18(16)3;2-1(3,4)5/h7-8,10,12-13H,4-6,9,11H2,1-3H3;(H,2,3,4,5)/q+1;/p-1. The molecule has 128 valence electrons. The number of pyridine rings is 1. The molecule has 0 unspecified atom stereocenters. The molecular weight excluding hydrogens is 318 g/mol. The fourth-order valence-electron chi connectivity index (χ4n) is 2.71. The zero-order valence-corrected chi connectivity index (χ0v) is 14.6. The van der Waals surface area contributed by atoms with Crippen LogP contribution in [0, 0.1) is 10.2 Å². The average molecular weight is 342 g/mol. The fourth-order valence-corrected chi connectivity index (χ4v) is 2.71. The molecular formula is C17H24ClNO4. The molecule has 0 saturated heterocycles. The molecule has 0 spiro atoms. The lowest BCUT2D eigenvalue weighted by molar-refractivity contribution is -2.00. The van der Waals surface area contributed by atoms with Gasteiger partial charge in [0.2, 0.25) is 5.52 Å². The maximum atomic E-state index is 8.49. The second-order valence-corrected chi connectivity index (χ2v) is 6.22. The second-order valence-electron chi connectivity index (χ2n) is 5.47. The molecule has 0 aliphatic carbocycles. The fraction of sp³-hybridized carbons (Fsp3) is 0.471. The number of aromatic nitrogens is 1. The third-order valence-corrected chi connectivity index (χ3v) is 3.69. The van der Waals surface area contributed by atoms with Gasteiger partial charge in [-0.15, -0.1) is 10.2 Å². The number of rotatable bonds is 5. The first-order chi connectivity index (χ1) is 10.8. The van der Waals surface area contributed by atoms with E-state index in [9.17, 15) is 0 Å². The van der Waals surface area contributed by atoms with Crippen molar-refractivity contribution in [2.75, 3.05) is 0 Å². The van der Waals surface area contributed by atoms with Crippen molar-refractivity contribution in [3.05, 3.63) is 41.6 Å². The van der Waals surface area contributed by atoms with Gasteiger partial charge in [0.05, 0.1) is 0 Å². The third kappa shape index (κ3) is 6.81. The molecule has 0 fully saturated rings. The number of aryl methyl sites for hydroxylation is 2. The molecule has 0 aliphatic heterocycles. The summed E-state index contributed by atoms with van der Waals surface area (Å²) < 4.78 is 36.4. The first kappa shape index (κ1) is 19.8. The summed E-state index contributed by atoms with van der Waals surface area (Å²) in [6.07, 6.45) is 6.16. The molecule has 0 amide bonds. The topological polar surface area (TPSA) is 96.1 Å². The summed E-state index contributed by atoms with van der Waals surface area (Å²) in [5.41, 5.74) is 4.41. The van der Waals surface area contributed by atoms with Crippen LogP contribution in [0.3, 0.4) is 0 Å². The Bertz CT molecular complexity index is 620. The Morgan fingerprint density at radius 1 is 0.957 bits per heavy atom. The molecule has 0 aliphatic rings. The third-order valence-electron chi connectivity index (χ3n) is 3.69. The van der Waals surface area contributed by atoms with Crippen LogP contribution in [0.1, 0.15) is 44.4 Å². The number of nitrogens with zero attached hydrogens (tertiary/aromatic N) is 1. The van der Waals surface area contributed by atoms with Crippen LogP contribution >= 0.6 is 0 Å². The Kier molecular flexibility index (Phi) is 7.88. The van der Waals surface area contributed by atoms with E-state index in [0.29, 0.717) is 0 Å². The zero-order valence-electron chi connectivity index (χ0n) is 13.9. The summed E-state index contributed by atoms with van der Waals surface area (Å²) in [4.78, 5) is 0. The van der Waals surface area contributed by atoms with Crippen molar-refractivity contribution in [1.82, 2.24) is 0 Å². The van der Waals surface area contributed by atoms with Crippen LogP contribution in [-0.4, -0.2) is 0 Å². The molecule has 1 heterocycles. The zero-order chi connectivity index (χ0) is 17.5. The quantitative estimate of drug-likeness (QED) is 0.665. The highest BCUT2D eigenvalue weighted by molar-refractivity contribution is 5.76. The first-order valence-electron chi connectivity index (χ1n) is 7.79. The summed E-state index contributed by atoms with van der Waals surface area (Å²) >= 11 is 0. The van der Waals surface area contributed by atoms with E-state index in [2.05, 4.69) is 55.8 Å². The molecule has 0 radical (unpaired) electrons. The van der Waals surface area contributed by atoms with Crippen molar-refractivity contribution in [1.29, 1.82) is 0 Å². The van der Waals surface area contributed by atoms with Gasteiger partial charge in [0.15, 0.2) is 5.69 Å². The smallest absolute Gasteiger partial charge is 0.212 e. The predicted octanol–water partition coefficient (Wildman–Crippen LogP) is -0.797. The van der Waals surface area contributed by atoms with Crippen molar-refractivity contribution < 1.29 is 33.4 Å². The molecule has 1 aromatic carbocycles. The molecule has 0 atom stereocenters. The minimum absolute atomic E-state index is 1.19. The van der Waals surface area contributed by atoms with E-state index in [1.165, 1.54) is 54.3 Å². The number of para-hydroxylation sites is 1. The van der Waals surface area contributed by atoms with E-state index in [4.69, 9.17) is 18.6 Å². The van der Waals surface area contributed by atoms with E-state index >= 15 is 0 Å². The molecule has 5 nitrogen and oxygen atoms in total. The molecule has 0 bridgehead atoms. The van der Waals surface area contributed by atoms with Crippen LogP contribution in [0.15, 0.2) is 30.3 Å². The lowest BCUT2D eigenvalue weighted by Gasteiger charge is -2.17. The van der Waals surface area contributed by atoms with E-state index in [-0.39, 0.29) is 0 Å². The lowest BCUT2D eigenvalue weighted by atomic mass is 10.0. The van der Waals surface area contributed by atoms with Crippen LogP contribution in [0.25, 0.3) is 10.9 Å². The highest BCUT2D eigenvalue weighted by Crippen LogP contribution is 2.18. The van der Waals surface area contributed by atoms with Crippen LogP contribution in [0.4, 0.5) is 0 Å². The number of hydrogen-bond donors (Lipinski definition) is 0. The molecule has 2 aromatic rings. The Labute approximate surface area is 139 Å². The van der Waals surface area contributed by atoms with Crippen LogP contribution < -0.4 is 23.2 Å². The van der Waals surface area contributed by atoms with Crippen molar-refractivity contribution in [3.8, 4) is 0 Å². The minimum atomic E-state index is -4.94. The first-order valence-corrected chi connectivity index (χ1v) is 9.02. The van der Waals surface area contributed by atoms with Gasteiger partial charge in [-0.3, -0.25) is 0 Å². The van der Waals surface area contributed by atoms with Gasteiger partial charge in [-0.05, 0) is 25.0 Å². The molecule has 6 heteroatoms. The van der Waals surface area contributed by atoms with E-state index in [0.717, 1.165) is 0 Å². The number of benzene rings is 1. The maximum absolute atomic E-state index is 8.49. The summed E-state index contributed by atoms with van der Waals surface area (Å²) in [5.74, 6) is 0. The second kappa shape index (κ2) is 9.15. The number of fused-ring (bicyclic) bond motifs is 1. The van der Waals surface area contributed by atoms with Gasteiger partial charge < -0.3 is 0 Å². The molecule has 23 heavy (non-hydrogen) atoms. The highest BCUT2D eigenvalue weighted by atomic mass is 35.7. The van der Waals surface area contributed by atoms with Gasteiger partial charge in [-0.1, -0.05) is 38.8 Å². The minimum Gasteiger partial charge on any atom is -0.222 e. The Hall–Kier alpha value is -1.24. The van der Waals surface area contributed by atoms with Crippen LogP contribution in [-0.2, 0) is 19.9 Å². The van der Waals surface area contributed by atoms with Crippen molar-refractivity contribution in [3.63, 3.8) is 0 Å². The monoisotopic (exact) mass is 341 g/mol. The molecule has 2 rings (SSSR count). The van der Waals surface area contributed by atoms with Gasteiger partial charge >= 0.3 is 0 Å². The highest BCUT2D eigenvalue weighted by Gasteiger charge is 2.16. The van der Waals surface area contributed by atoms with E-state index < -0.39 is 10.2 Å². The van der Waals surface area contributed by atoms with Crippen LogP contribution in [0.2, 0.25) is 0 Å². The Morgan fingerprint density at radius 3 is 2.13 bits per heavy atom. The van der Waals surface area contributed by atoms with E-state index in [1.54, 1.807) is 0 Å². The number of hydrogen-bond acceptors (Lipinski definition) is 4. The number of unbranched alkanes of at least 4 members (excludes halogenated alkanes) is 1. The van der Waals surface area contributed by atoms with Crippen molar-refractivity contribution in [2.45, 2.75) is 46.0 Å². The van der Waals surface area contributed by atoms with Crippen molar-refractivity contribution in [2.24, 2.45) is 7.05 Å². The predicted molar refractivity (Wildman–Crippen MR) is 77.7 cm³/mol.